The molecule has 146 valence electrons. The smallest absolute Gasteiger partial charge is 0.143 e. The number of hydrogen-bond acceptors (Lipinski definition) is 3. The maximum absolute atomic E-state index is 6.21. The summed E-state index contributed by atoms with van der Waals surface area (Å²) in [4.78, 5) is 4.32. The average Bonchev–Trinajstić information content (AvgIpc) is 2.79. The van der Waals surface area contributed by atoms with Crippen LogP contribution in [0, 0.1) is 0 Å². The van der Waals surface area contributed by atoms with E-state index in [0.717, 1.165) is 43.9 Å². The zero-order valence-corrected chi connectivity index (χ0v) is 17.7. The number of benzene rings is 4. The molecule has 0 aliphatic carbocycles. The van der Waals surface area contributed by atoms with Crippen LogP contribution in [-0.4, -0.2) is 0 Å². The molecule has 0 saturated heterocycles. The van der Waals surface area contributed by atoms with E-state index in [4.69, 9.17) is 16.3 Å². The van der Waals surface area contributed by atoms with Crippen LogP contribution in [0.4, 0.5) is 17.1 Å². The highest BCUT2D eigenvalue weighted by molar-refractivity contribution is 7.99. The van der Waals surface area contributed by atoms with Crippen molar-refractivity contribution in [1.82, 2.24) is 0 Å². The summed E-state index contributed by atoms with van der Waals surface area (Å²) in [7, 11) is 0. The van der Waals surface area contributed by atoms with Gasteiger partial charge >= 0.3 is 0 Å². The average molecular weight is 428 g/mol. The SMILES string of the molecule is C=Cc1ccc(N(c2ccccc2)c2ccc3c(c2)Oc2ccc(Cl)cc2S3)cc1. The Morgan fingerprint density at radius 2 is 1.47 bits per heavy atom. The molecular weight excluding hydrogens is 410 g/mol. The molecule has 0 saturated carbocycles. The first-order valence-electron chi connectivity index (χ1n) is 9.58. The number of para-hydroxylation sites is 1. The van der Waals surface area contributed by atoms with Crippen molar-refractivity contribution in [3.8, 4) is 11.5 Å². The molecule has 1 aliphatic heterocycles. The lowest BCUT2D eigenvalue weighted by molar-refractivity contribution is 0.455. The van der Waals surface area contributed by atoms with E-state index in [9.17, 15) is 0 Å². The summed E-state index contributed by atoms with van der Waals surface area (Å²) < 4.78 is 6.21. The van der Waals surface area contributed by atoms with Crippen LogP contribution < -0.4 is 9.64 Å². The minimum atomic E-state index is 0.711. The second-order valence-electron chi connectivity index (χ2n) is 6.89. The Bertz CT molecular complexity index is 1220. The molecule has 0 fully saturated rings. The molecule has 0 N–H and O–H groups in total. The molecule has 0 amide bonds. The molecule has 0 bridgehead atoms. The molecule has 4 aromatic rings. The van der Waals surface area contributed by atoms with E-state index >= 15 is 0 Å². The Morgan fingerprint density at radius 1 is 0.733 bits per heavy atom. The van der Waals surface area contributed by atoms with Gasteiger partial charge in [0.2, 0.25) is 0 Å². The summed E-state index contributed by atoms with van der Waals surface area (Å²) >= 11 is 7.82. The van der Waals surface area contributed by atoms with Gasteiger partial charge in [-0.1, -0.05) is 66.3 Å². The van der Waals surface area contributed by atoms with Crippen LogP contribution in [0.1, 0.15) is 5.56 Å². The van der Waals surface area contributed by atoms with E-state index < -0.39 is 0 Å². The van der Waals surface area contributed by atoms with Gasteiger partial charge in [-0.2, -0.15) is 0 Å². The van der Waals surface area contributed by atoms with Gasteiger partial charge < -0.3 is 9.64 Å². The quantitative estimate of drug-likeness (QED) is 0.284. The number of ether oxygens (including phenoxy) is 1. The molecule has 0 aromatic heterocycles. The third kappa shape index (κ3) is 3.58. The van der Waals surface area contributed by atoms with Gasteiger partial charge in [0.05, 0.1) is 9.79 Å². The maximum Gasteiger partial charge on any atom is 0.143 e. The maximum atomic E-state index is 6.21. The lowest BCUT2D eigenvalue weighted by Crippen LogP contribution is -2.10. The summed E-state index contributed by atoms with van der Waals surface area (Å²) in [6.07, 6.45) is 1.85. The fourth-order valence-electron chi connectivity index (χ4n) is 3.47. The van der Waals surface area contributed by atoms with Gasteiger partial charge in [0.1, 0.15) is 11.5 Å². The lowest BCUT2D eigenvalue weighted by Gasteiger charge is -2.27. The predicted octanol–water partition coefficient (Wildman–Crippen LogP) is 8.71. The highest BCUT2D eigenvalue weighted by atomic mass is 35.5. The van der Waals surface area contributed by atoms with Crippen LogP contribution >= 0.6 is 23.4 Å². The number of hydrogen-bond donors (Lipinski definition) is 0. The minimum Gasteiger partial charge on any atom is -0.455 e. The van der Waals surface area contributed by atoms with Gasteiger partial charge in [0.25, 0.3) is 0 Å². The van der Waals surface area contributed by atoms with E-state index in [2.05, 4.69) is 66.1 Å². The first-order valence-corrected chi connectivity index (χ1v) is 10.8. The molecular formula is C26H18ClNOS. The number of halogens is 1. The molecule has 5 rings (SSSR count). The number of fused-ring (bicyclic) bond motifs is 2. The van der Waals surface area contributed by atoms with Crippen LogP contribution in [0.3, 0.4) is 0 Å². The Hall–Kier alpha value is -3.14. The van der Waals surface area contributed by atoms with Crippen molar-refractivity contribution >= 4 is 46.5 Å². The van der Waals surface area contributed by atoms with Crippen LogP contribution in [0.25, 0.3) is 6.08 Å². The van der Waals surface area contributed by atoms with E-state index in [1.807, 2.05) is 42.5 Å². The number of rotatable bonds is 4. The van der Waals surface area contributed by atoms with Crippen molar-refractivity contribution < 1.29 is 4.74 Å². The molecule has 0 radical (unpaired) electrons. The molecule has 30 heavy (non-hydrogen) atoms. The highest BCUT2D eigenvalue weighted by Gasteiger charge is 2.21. The molecule has 0 atom stereocenters. The second-order valence-corrected chi connectivity index (χ2v) is 8.41. The largest absolute Gasteiger partial charge is 0.455 e. The van der Waals surface area contributed by atoms with Crippen molar-refractivity contribution in [1.29, 1.82) is 0 Å². The molecule has 4 aromatic carbocycles. The monoisotopic (exact) mass is 427 g/mol. The van der Waals surface area contributed by atoms with E-state index in [0.29, 0.717) is 5.02 Å². The summed E-state index contributed by atoms with van der Waals surface area (Å²) in [5.41, 5.74) is 4.28. The molecule has 0 unspecified atom stereocenters. The summed E-state index contributed by atoms with van der Waals surface area (Å²) in [5.74, 6) is 1.67. The van der Waals surface area contributed by atoms with Crippen molar-refractivity contribution in [2.75, 3.05) is 4.90 Å². The van der Waals surface area contributed by atoms with Gasteiger partial charge in [-0.05, 0) is 60.2 Å². The molecule has 1 heterocycles. The lowest BCUT2D eigenvalue weighted by atomic mass is 10.1. The van der Waals surface area contributed by atoms with Gasteiger partial charge in [0, 0.05) is 28.2 Å². The van der Waals surface area contributed by atoms with Crippen molar-refractivity contribution in [2.24, 2.45) is 0 Å². The Labute approximate surface area is 185 Å². The topological polar surface area (TPSA) is 12.5 Å². The van der Waals surface area contributed by atoms with Crippen LogP contribution in [-0.2, 0) is 0 Å². The van der Waals surface area contributed by atoms with Crippen molar-refractivity contribution in [3.05, 3.63) is 108 Å². The highest BCUT2D eigenvalue weighted by Crippen LogP contribution is 2.49. The minimum absolute atomic E-state index is 0.711. The summed E-state index contributed by atoms with van der Waals surface area (Å²) in [6, 6.07) is 30.7. The zero-order valence-electron chi connectivity index (χ0n) is 16.1. The fraction of sp³-hybridized carbons (Fsp3) is 0. The van der Waals surface area contributed by atoms with Crippen molar-refractivity contribution in [3.63, 3.8) is 0 Å². The zero-order chi connectivity index (χ0) is 20.5. The van der Waals surface area contributed by atoms with Crippen LogP contribution in [0.15, 0.2) is 107 Å². The first-order chi connectivity index (χ1) is 14.7. The standard InChI is InChI=1S/C26H18ClNOS/c1-2-18-8-11-21(12-9-18)28(20-6-4-3-5-7-20)22-13-15-25-24(17-22)29-23-14-10-19(27)16-26(23)30-25/h2-17H,1H2. The molecule has 2 nitrogen and oxygen atoms in total. The summed E-state index contributed by atoms with van der Waals surface area (Å²) in [6.45, 7) is 3.85. The fourth-order valence-corrected chi connectivity index (χ4v) is 4.67. The van der Waals surface area contributed by atoms with Gasteiger partial charge in [-0.3, -0.25) is 0 Å². The van der Waals surface area contributed by atoms with E-state index in [1.165, 1.54) is 0 Å². The second kappa shape index (κ2) is 7.94. The normalized spacial score (nSPS) is 11.8. The molecule has 1 aliphatic rings. The predicted molar refractivity (Wildman–Crippen MR) is 127 cm³/mol. The molecule has 0 spiro atoms. The van der Waals surface area contributed by atoms with Gasteiger partial charge in [-0.15, -0.1) is 0 Å². The Morgan fingerprint density at radius 3 is 2.23 bits per heavy atom. The number of anilines is 3. The molecule has 4 heteroatoms. The third-order valence-corrected chi connectivity index (χ3v) is 6.26. The third-order valence-electron chi connectivity index (χ3n) is 4.93. The van der Waals surface area contributed by atoms with E-state index in [-0.39, 0.29) is 0 Å². The van der Waals surface area contributed by atoms with E-state index in [1.54, 1.807) is 11.8 Å². The van der Waals surface area contributed by atoms with Gasteiger partial charge in [-0.25, -0.2) is 0 Å². The van der Waals surface area contributed by atoms with Gasteiger partial charge in [0.15, 0.2) is 0 Å². The first kappa shape index (κ1) is 18.9. The summed E-state index contributed by atoms with van der Waals surface area (Å²) in [5, 5.41) is 0.711. The number of nitrogens with zero attached hydrogens (tertiary/aromatic N) is 1. The Balaban J connectivity index is 1.58. The van der Waals surface area contributed by atoms with Crippen LogP contribution in [0.5, 0.6) is 11.5 Å². The van der Waals surface area contributed by atoms with Crippen molar-refractivity contribution in [2.45, 2.75) is 9.79 Å². The Kier molecular flexibility index (Phi) is 4.99. The van der Waals surface area contributed by atoms with Crippen LogP contribution in [0.2, 0.25) is 5.02 Å².